The Morgan fingerprint density at radius 1 is 0.600 bits per heavy atom. The molecule has 0 saturated heterocycles. The zero-order valence-electron chi connectivity index (χ0n) is 13.2. The van der Waals surface area contributed by atoms with E-state index in [9.17, 15) is 14.4 Å². The van der Waals surface area contributed by atoms with Crippen molar-refractivity contribution in [1.82, 2.24) is 9.88 Å². The number of hydrogen-bond donors (Lipinski definition) is 0. The van der Waals surface area contributed by atoms with Crippen molar-refractivity contribution in [2.45, 2.75) is 0 Å². The number of hydrogen-bond acceptors (Lipinski definition) is 4. The lowest BCUT2D eigenvalue weighted by Crippen LogP contribution is -2.42. The molecule has 0 bridgehead atoms. The first-order chi connectivity index (χ1) is 12.2. The van der Waals surface area contributed by atoms with Gasteiger partial charge in [0.15, 0.2) is 0 Å². The quantitative estimate of drug-likeness (QED) is 0.692. The fourth-order valence-electron chi connectivity index (χ4n) is 2.30. The van der Waals surface area contributed by atoms with E-state index < -0.39 is 17.7 Å². The van der Waals surface area contributed by atoms with Crippen LogP contribution in [0.4, 0.5) is 0 Å². The van der Waals surface area contributed by atoms with Gasteiger partial charge in [-0.2, -0.15) is 0 Å². The summed E-state index contributed by atoms with van der Waals surface area (Å²) < 4.78 is 0. The van der Waals surface area contributed by atoms with E-state index in [1.54, 1.807) is 72.8 Å². The highest BCUT2D eigenvalue weighted by molar-refractivity contribution is 6.23. The molecule has 5 heteroatoms. The summed E-state index contributed by atoms with van der Waals surface area (Å²) in [5.74, 6) is -2.14. The lowest BCUT2D eigenvalue weighted by atomic mass is 10.1. The average Bonchev–Trinajstić information content (AvgIpc) is 2.70. The Labute approximate surface area is 144 Å². The Bertz CT molecular complexity index is 772. The molecule has 0 aliphatic heterocycles. The van der Waals surface area contributed by atoms with Gasteiger partial charge in [0, 0.05) is 17.3 Å². The summed E-state index contributed by atoms with van der Waals surface area (Å²) in [7, 11) is 0. The van der Waals surface area contributed by atoms with Gasteiger partial charge in [-0.05, 0) is 36.4 Å². The molecule has 0 aliphatic rings. The Hall–Kier alpha value is -3.60. The van der Waals surface area contributed by atoms with Gasteiger partial charge < -0.3 is 0 Å². The van der Waals surface area contributed by atoms with Crippen LogP contribution < -0.4 is 0 Å². The van der Waals surface area contributed by atoms with Crippen LogP contribution in [0.1, 0.15) is 31.2 Å². The van der Waals surface area contributed by atoms with Crippen molar-refractivity contribution < 1.29 is 14.4 Å². The molecule has 0 aliphatic carbocycles. The van der Waals surface area contributed by atoms with Gasteiger partial charge in [-0.15, -0.1) is 0 Å². The molecule has 25 heavy (non-hydrogen) atoms. The molecule has 5 nitrogen and oxygen atoms in total. The van der Waals surface area contributed by atoms with Crippen LogP contribution in [0.25, 0.3) is 0 Å². The van der Waals surface area contributed by atoms with Crippen LogP contribution in [-0.2, 0) is 0 Å². The summed E-state index contributed by atoms with van der Waals surface area (Å²) in [5, 5.41) is 0. The second kappa shape index (κ2) is 7.31. The van der Waals surface area contributed by atoms with Crippen LogP contribution in [0.3, 0.4) is 0 Å². The van der Waals surface area contributed by atoms with Crippen molar-refractivity contribution in [3.05, 3.63) is 102 Å². The third-order valence-electron chi connectivity index (χ3n) is 3.53. The fourth-order valence-corrected chi connectivity index (χ4v) is 2.30. The Morgan fingerprint density at radius 2 is 1.08 bits per heavy atom. The monoisotopic (exact) mass is 330 g/mol. The third-order valence-corrected chi connectivity index (χ3v) is 3.53. The number of carbonyl (C=O) groups is 3. The van der Waals surface area contributed by atoms with Gasteiger partial charge in [-0.3, -0.25) is 19.4 Å². The van der Waals surface area contributed by atoms with Crippen molar-refractivity contribution in [2.75, 3.05) is 0 Å². The Morgan fingerprint density at radius 3 is 1.52 bits per heavy atom. The predicted molar refractivity (Wildman–Crippen MR) is 92.0 cm³/mol. The summed E-state index contributed by atoms with van der Waals surface area (Å²) >= 11 is 0. The van der Waals surface area contributed by atoms with Crippen molar-refractivity contribution in [3.63, 3.8) is 0 Å². The Kier molecular flexibility index (Phi) is 4.76. The molecule has 0 radical (unpaired) electrons. The minimum absolute atomic E-state index is 0.0241. The summed E-state index contributed by atoms with van der Waals surface area (Å²) in [6.45, 7) is 0. The molecule has 2 aromatic carbocycles. The second-order valence-electron chi connectivity index (χ2n) is 5.20. The maximum absolute atomic E-state index is 12.8. The topological polar surface area (TPSA) is 67.3 Å². The number of carbonyl (C=O) groups excluding carboxylic acids is 3. The highest BCUT2D eigenvalue weighted by Crippen LogP contribution is 2.13. The SMILES string of the molecule is O=C(c1ccccc1)N(C(=O)c1ccccc1)C(=O)c1ccccn1. The molecular formula is C20H14N2O3. The van der Waals surface area contributed by atoms with Crippen LogP contribution in [0.15, 0.2) is 85.1 Å². The maximum Gasteiger partial charge on any atom is 0.286 e. The third kappa shape index (κ3) is 3.50. The highest BCUT2D eigenvalue weighted by Gasteiger charge is 2.31. The molecule has 0 unspecified atom stereocenters. The van der Waals surface area contributed by atoms with E-state index in [2.05, 4.69) is 4.98 Å². The normalized spacial score (nSPS) is 10.1. The van der Waals surface area contributed by atoms with Gasteiger partial charge in [-0.25, -0.2) is 4.90 Å². The van der Waals surface area contributed by atoms with Gasteiger partial charge in [0.05, 0.1) is 0 Å². The number of pyridine rings is 1. The largest absolute Gasteiger partial charge is 0.286 e. The van der Waals surface area contributed by atoms with Crippen LogP contribution in [0.5, 0.6) is 0 Å². The number of amides is 3. The molecule has 3 amide bonds. The molecule has 0 fully saturated rings. The van der Waals surface area contributed by atoms with Gasteiger partial charge in [0.1, 0.15) is 5.69 Å². The van der Waals surface area contributed by atoms with E-state index in [4.69, 9.17) is 0 Å². The van der Waals surface area contributed by atoms with Crippen LogP contribution in [0.2, 0.25) is 0 Å². The minimum atomic E-state index is -0.761. The van der Waals surface area contributed by atoms with Crippen LogP contribution >= 0.6 is 0 Å². The van der Waals surface area contributed by atoms with E-state index in [1.807, 2.05) is 0 Å². The van der Waals surface area contributed by atoms with E-state index in [1.165, 1.54) is 12.3 Å². The first-order valence-electron chi connectivity index (χ1n) is 7.63. The lowest BCUT2D eigenvalue weighted by molar-refractivity contribution is 0.0535. The number of rotatable bonds is 3. The van der Waals surface area contributed by atoms with E-state index in [0.717, 1.165) is 0 Å². The molecular weight excluding hydrogens is 316 g/mol. The standard InChI is InChI=1S/C20H14N2O3/c23-18(15-9-3-1-4-10-15)22(19(24)16-11-5-2-6-12-16)20(25)17-13-7-8-14-21-17/h1-14H. The minimum Gasteiger partial charge on any atom is -0.268 e. The first kappa shape index (κ1) is 16.3. The van der Waals surface area contributed by atoms with Gasteiger partial charge in [0.25, 0.3) is 17.7 Å². The maximum atomic E-state index is 12.8. The smallest absolute Gasteiger partial charge is 0.268 e. The molecule has 3 rings (SSSR count). The average molecular weight is 330 g/mol. The van der Waals surface area contributed by atoms with Gasteiger partial charge in [0.2, 0.25) is 0 Å². The zero-order chi connectivity index (χ0) is 17.6. The van der Waals surface area contributed by atoms with E-state index in [0.29, 0.717) is 4.90 Å². The number of imide groups is 3. The predicted octanol–water partition coefficient (Wildman–Crippen LogP) is 3.20. The summed E-state index contributed by atoms with van der Waals surface area (Å²) in [6, 6.07) is 21.1. The molecule has 0 N–H and O–H groups in total. The number of benzene rings is 2. The molecule has 122 valence electrons. The van der Waals surface area contributed by atoms with Crippen molar-refractivity contribution in [1.29, 1.82) is 0 Å². The van der Waals surface area contributed by atoms with Gasteiger partial charge >= 0.3 is 0 Å². The lowest BCUT2D eigenvalue weighted by Gasteiger charge is -2.19. The van der Waals surface area contributed by atoms with Crippen molar-refractivity contribution >= 4 is 17.7 Å². The summed E-state index contributed by atoms with van der Waals surface area (Å²) in [5.41, 5.74) is 0.517. The van der Waals surface area contributed by atoms with Gasteiger partial charge in [-0.1, -0.05) is 42.5 Å². The molecule has 0 saturated carbocycles. The summed E-state index contributed by atoms with van der Waals surface area (Å²) in [4.78, 5) is 43.0. The Balaban J connectivity index is 2.04. The summed E-state index contributed by atoms with van der Waals surface area (Å²) in [6.07, 6.45) is 1.44. The molecule has 1 aromatic heterocycles. The van der Waals surface area contributed by atoms with Crippen molar-refractivity contribution in [3.8, 4) is 0 Å². The zero-order valence-corrected chi connectivity index (χ0v) is 13.2. The van der Waals surface area contributed by atoms with E-state index in [-0.39, 0.29) is 16.8 Å². The number of nitrogens with zero attached hydrogens (tertiary/aromatic N) is 2. The van der Waals surface area contributed by atoms with Crippen molar-refractivity contribution in [2.24, 2.45) is 0 Å². The first-order valence-corrected chi connectivity index (χ1v) is 7.63. The molecule has 0 spiro atoms. The van der Waals surface area contributed by atoms with E-state index >= 15 is 0 Å². The fraction of sp³-hybridized carbons (Fsp3) is 0. The highest BCUT2D eigenvalue weighted by atomic mass is 16.2. The molecule has 1 heterocycles. The molecule has 0 atom stereocenters. The van der Waals surface area contributed by atoms with Crippen LogP contribution in [0, 0.1) is 0 Å². The second-order valence-corrected chi connectivity index (χ2v) is 5.20. The van der Waals surface area contributed by atoms with Crippen LogP contribution in [-0.4, -0.2) is 27.6 Å². The number of aromatic nitrogens is 1. The molecule has 3 aromatic rings.